The van der Waals surface area contributed by atoms with Gasteiger partial charge in [0.25, 0.3) is 0 Å². The first-order chi connectivity index (χ1) is 9.83. The summed E-state index contributed by atoms with van der Waals surface area (Å²) in [5, 5.41) is 2.32. The number of nitrogens with zero attached hydrogens (tertiary/aromatic N) is 1. The molecule has 2 rings (SSSR count). The van der Waals surface area contributed by atoms with Crippen LogP contribution in [0.25, 0.3) is 0 Å². The third-order valence-corrected chi connectivity index (χ3v) is 3.43. The molecule has 0 bridgehead atoms. The van der Waals surface area contributed by atoms with Crippen molar-refractivity contribution in [3.8, 4) is 0 Å². The van der Waals surface area contributed by atoms with Crippen molar-refractivity contribution in [3.05, 3.63) is 30.1 Å². The fourth-order valence-electron chi connectivity index (χ4n) is 2.39. The Hall–Kier alpha value is -1.79. The Kier molecular flexibility index (Phi) is 4.69. The van der Waals surface area contributed by atoms with Crippen molar-refractivity contribution >= 4 is 11.6 Å². The summed E-state index contributed by atoms with van der Waals surface area (Å²) < 4.78 is 48.9. The highest BCUT2D eigenvalue weighted by atomic mass is 19.4. The van der Waals surface area contributed by atoms with Gasteiger partial charge in [0.05, 0.1) is 0 Å². The third-order valence-electron chi connectivity index (χ3n) is 3.43. The van der Waals surface area contributed by atoms with Crippen LogP contribution in [-0.4, -0.2) is 31.7 Å². The van der Waals surface area contributed by atoms with Gasteiger partial charge < -0.3 is 10.2 Å². The van der Waals surface area contributed by atoms with E-state index in [1.54, 1.807) is 12.1 Å². The van der Waals surface area contributed by atoms with E-state index in [-0.39, 0.29) is 18.3 Å². The number of alkyl halides is 3. The van der Waals surface area contributed by atoms with E-state index in [1.165, 1.54) is 12.1 Å². The molecule has 1 atom stereocenters. The Morgan fingerprint density at radius 2 is 1.95 bits per heavy atom. The summed E-state index contributed by atoms with van der Waals surface area (Å²) in [6.07, 6.45) is -5.13. The quantitative estimate of drug-likeness (QED) is 0.868. The first kappa shape index (κ1) is 15.6. The van der Waals surface area contributed by atoms with Gasteiger partial charge in [-0.05, 0) is 36.6 Å². The van der Waals surface area contributed by atoms with Crippen LogP contribution < -0.4 is 10.2 Å². The van der Waals surface area contributed by atoms with Gasteiger partial charge in [0.15, 0.2) is 0 Å². The number of amides is 1. The van der Waals surface area contributed by atoms with Crippen LogP contribution in [0.3, 0.4) is 0 Å². The number of hydrogen-bond donors (Lipinski definition) is 1. The topological polar surface area (TPSA) is 32.3 Å². The van der Waals surface area contributed by atoms with Gasteiger partial charge in [-0.3, -0.25) is 4.79 Å². The smallest absolute Gasteiger partial charge is 0.371 e. The van der Waals surface area contributed by atoms with Crippen LogP contribution in [0.2, 0.25) is 0 Å². The number of hydrogen-bond acceptors (Lipinski definition) is 2. The van der Waals surface area contributed by atoms with Crippen LogP contribution >= 0.6 is 0 Å². The fraction of sp³-hybridized carbons (Fsp3) is 0.500. The molecule has 1 aliphatic heterocycles. The van der Waals surface area contributed by atoms with E-state index < -0.39 is 18.5 Å². The molecule has 1 N–H and O–H groups in total. The van der Waals surface area contributed by atoms with Crippen molar-refractivity contribution < 1.29 is 22.4 Å². The van der Waals surface area contributed by atoms with Crippen molar-refractivity contribution in [2.75, 3.05) is 24.5 Å². The van der Waals surface area contributed by atoms with Crippen molar-refractivity contribution in [1.82, 2.24) is 5.32 Å². The molecule has 1 saturated heterocycles. The third kappa shape index (κ3) is 4.91. The van der Waals surface area contributed by atoms with E-state index >= 15 is 0 Å². The normalized spacial score (nSPS) is 18.9. The Bertz CT molecular complexity index is 487. The molecular formula is C14H16F4N2O. The zero-order chi connectivity index (χ0) is 15.5. The molecule has 1 aromatic carbocycles. The zero-order valence-electron chi connectivity index (χ0n) is 11.3. The Morgan fingerprint density at radius 1 is 1.29 bits per heavy atom. The van der Waals surface area contributed by atoms with Gasteiger partial charge in [-0.15, -0.1) is 0 Å². The summed E-state index contributed by atoms with van der Waals surface area (Å²) in [4.78, 5) is 13.1. The van der Waals surface area contributed by atoms with Crippen molar-refractivity contribution in [2.45, 2.75) is 19.0 Å². The second kappa shape index (κ2) is 6.32. The van der Waals surface area contributed by atoms with Crippen molar-refractivity contribution in [3.63, 3.8) is 0 Å². The lowest BCUT2D eigenvalue weighted by atomic mass is 10.1. The van der Waals surface area contributed by atoms with Gasteiger partial charge in [-0.2, -0.15) is 13.2 Å². The molecule has 7 heteroatoms. The van der Waals surface area contributed by atoms with Crippen LogP contribution in [0, 0.1) is 11.7 Å². The average molecular weight is 304 g/mol. The number of nitrogens with one attached hydrogen (secondary N) is 1. The summed E-state index contributed by atoms with van der Waals surface area (Å²) in [5.41, 5.74) is 0.875. The lowest BCUT2D eigenvalue weighted by Crippen LogP contribution is -2.33. The molecule has 0 aliphatic carbocycles. The Balaban J connectivity index is 1.78. The van der Waals surface area contributed by atoms with Gasteiger partial charge in [0, 0.05) is 25.3 Å². The predicted molar refractivity (Wildman–Crippen MR) is 70.4 cm³/mol. The van der Waals surface area contributed by atoms with Crippen LogP contribution in [-0.2, 0) is 4.79 Å². The molecule has 1 aromatic rings. The highest BCUT2D eigenvalue weighted by molar-refractivity contribution is 5.76. The van der Waals surface area contributed by atoms with E-state index in [0.29, 0.717) is 6.54 Å². The SMILES string of the molecule is O=C(CC(F)(F)F)NC[C@@H]1CCN(c2ccc(F)cc2)C1. The molecule has 1 heterocycles. The van der Waals surface area contributed by atoms with E-state index in [2.05, 4.69) is 5.32 Å². The Labute approximate surface area is 119 Å². The summed E-state index contributed by atoms with van der Waals surface area (Å²) in [7, 11) is 0. The summed E-state index contributed by atoms with van der Waals surface area (Å²) >= 11 is 0. The molecule has 0 aromatic heterocycles. The van der Waals surface area contributed by atoms with Gasteiger partial charge >= 0.3 is 6.18 Å². The Morgan fingerprint density at radius 3 is 2.57 bits per heavy atom. The number of rotatable bonds is 4. The second-order valence-corrected chi connectivity index (χ2v) is 5.17. The maximum absolute atomic E-state index is 12.8. The standard InChI is InChI=1S/C14H16F4N2O/c15-11-1-3-12(4-2-11)20-6-5-10(9-20)8-19-13(21)7-14(16,17)18/h1-4,10H,5-9H2,(H,19,21)/t10-/m0/s1. The minimum absolute atomic E-state index is 0.104. The molecule has 0 saturated carbocycles. The molecule has 0 radical (unpaired) electrons. The highest BCUT2D eigenvalue weighted by Gasteiger charge is 2.31. The second-order valence-electron chi connectivity index (χ2n) is 5.17. The molecule has 0 spiro atoms. The molecular weight excluding hydrogens is 288 g/mol. The zero-order valence-corrected chi connectivity index (χ0v) is 11.3. The van der Waals surface area contributed by atoms with Crippen molar-refractivity contribution in [1.29, 1.82) is 0 Å². The minimum Gasteiger partial charge on any atom is -0.371 e. The van der Waals surface area contributed by atoms with Crippen molar-refractivity contribution in [2.24, 2.45) is 5.92 Å². The van der Waals surface area contributed by atoms with E-state index in [1.807, 2.05) is 4.90 Å². The largest absolute Gasteiger partial charge is 0.397 e. The number of carbonyl (C=O) groups excluding carboxylic acids is 1. The van der Waals surface area contributed by atoms with E-state index in [4.69, 9.17) is 0 Å². The molecule has 1 fully saturated rings. The summed E-state index contributed by atoms with van der Waals surface area (Å²) in [5.74, 6) is -1.20. The van der Waals surface area contributed by atoms with E-state index in [0.717, 1.165) is 18.7 Å². The molecule has 0 unspecified atom stereocenters. The number of anilines is 1. The summed E-state index contributed by atoms with van der Waals surface area (Å²) in [6, 6.07) is 6.07. The molecule has 1 amide bonds. The lowest BCUT2D eigenvalue weighted by molar-refractivity contribution is -0.153. The molecule has 1 aliphatic rings. The summed E-state index contributed by atoms with van der Waals surface area (Å²) in [6.45, 7) is 1.61. The fourth-order valence-corrected chi connectivity index (χ4v) is 2.39. The predicted octanol–water partition coefficient (Wildman–Crippen LogP) is 2.72. The van der Waals surface area contributed by atoms with Gasteiger partial charge in [0.2, 0.25) is 5.91 Å². The maximum Gasteiger partial charge on any atom is 0.397 e. The number of carbonyl (C=O) groups is 1. The first-order valence-electron chi connectivity index (χ1n) is 6.67. The van der Waals surface area contributed by atoms with Gasteiger partial charge in [-0.25, -0.2) is 4.39 Å². The van der Waals surface area contributed by atoms with Crippen LogP contribution in [0.15, 0.2) is 24.3 Å². The van der Waals surface area contributed by atoms with Crippen LogP contribution in [0.5, 0.6) is 0 Å². The molecule has 116 valence electrons. The average Bonchev–Trinajstić information content (AvgIpc) is 2.84. The number of benzene rings is 1. The highest BCUT2D eigenvalue weighted by Crippen LogP contribution is 2.24. The number of halogens is 4. The van der Waals surface area contributed by atoms with Gasteiger partial charge in [0.1, 0.15) is 12.2 Å². The minimum atomic E-state index is -4.47. The monoisotopic (exact) mass is 304 g/mol. The lowest BCUT2D eigenvalue weighted by Gasteiger charge is -2.19. The maximum atomic E-state index is 12.8. The van der Waals surface area contributed by atoms with Gasteiger partial charge in [-0.1, -0.05) is 0 Å². The molecule has 21 heavy (non-hydrogen) atoms. The first-order valence-corrected chi connectivity index (χ1v) is 6.67. The molecule has 3 nitrogen and oxygen atoms in total. The van der Waals surface area contributed by atoms with Crippen LogP contribution in [0.1, 0.15) is 12.8 Å². The van der Waals surface area contributed by atoms with E-state index in [9.17, 15) is 22.4 Å². The van der Waals surface area contributed by atoms with Crippen LogP contribution in [0.4, 0.5) is 23.2 Å².